The van der Waals surface area contributed by atoms with E-state index in [0.29, 0.717) is 12.3 Å². The van der Waals surface area contributed by atoms with Crippen LogP contribution in [-0.4, -0.2) is 22.1 Å². The van der Waals surface area contributed by atoms with Crippen molar-refractivity contribution in [3.8, 4) is 5.75 Å². The lowest BCUT2D eigenvalue weighted by Crippen LogP contribution is -2.24. The van der Waals surface area contributed by atoms with Crippen molar-refractivity contribution in [1.82, 2.24) is 4.72 Å². The summed E-state index contributed by atoms with van der Waals surface area (Å²) in [6.07, 6.45) is 17.8. The van der Waals surface area contributed by atoms with E-state index < -0.39 is 10.0 Å². The molecule has 170 valence electrons. The monoisotopic (exact) mass is 438 g/mol. The molecule has 30 heavy (non-hydrogen) atoms. The van der Waals surface area contributed by atoms with Gasteiger partial charge in [0, 0.05) is 6.54 Å². The molecule has 7 heteroatoms. The summed E-state index contributed by atoms with van der Waals surface area (Å²) in [5, 5.41) is 8.99. The average molecular weight is 439 g/mol. The lowest BCUT2D eigenvalue weighted by Gasteiger charge is -2.07. The molecule has 1 rings (SSSR count). The zero-order chi connectivity index (χ0) is 22.1. The van der Waals surface area contributed by atoms with Crippen LogP contribution in [0.25, 0.3) is 4.98 Å². The molecule has 0 saturated carbocycles. The molecule has 0 aliphatic heterocycles. The molecule has 1 N–H and O–H groups in total. The lowest BCUT2D eigenvalue weighted by molar-refractivity contribution is 0.417. The van der Waals surface area contributed by atoms with Crippen LogP contribution in [0.4, 0.5) is 5.69 Å². The van der Waals surface area contributed by atoms with Gasteiger partial charge in [0.2, 0.25) is 21.2 Å². The van der Waals surface area contributed by atoms with Gasteiger partial charge in [-0.2, -0.15) is 0 Å². The molecule has 0 aliphatic rings. The summed E-state index contributed by atoms with van der Waals surface area (Å²) in [5.41, 5.74) is 0.0943. The molecule has 0 heterocycles. The van der Waals surface area contributed by atoms with Crippen molar-refractivity contribution in [1.29, 1.82) is 5.39 Å². The van der Waals surface area contributed by atoms with Gasteiger partial charge in [0.15, 0.2) is 4.98 Å². The highest BCUT2D eigenvalue weighted by Crippen LogP contribution is 2.29. The van der Waals surface area contributed by atoms with E-state index in [4.69, 9.17) is 10.1 Å². The van der Waals surface area contributed by atoms with E-state index in [1.54, 1.807) is 0 Å². The molecule has 0 aliphatic carbocycles. The lowest BCUT2D eigenvalue weighted by atomic mass is 10.0. The highest BCUT2D eigenvalue weighted by atomic mass is 32.2. The predicted molar refractivity (Wildman–Crippen MR) is 123 cm³/mol. The fourth-order valence-electron chi connectivity index (χ4n) is 3.52. The van der Waals surface area contributed by atoms with Crippen LogP contribution in [0.2, 0.25) is 0 Å². The molecule has 6 nitrogen and oxygen atoms in total. The van der Waals surface area contributed by atoms with Crippen molar-refractivity contribution in [3.63, 3.8) is 0 Å². The number of sulfonamides is 1. The Labute approximate surface area is 183 Å². The number of diazo groups is 1. The summed E-state index contributed by atoms with van der Waals surface area (Å²) >= 11 is 0. The van der Waals surface area contributed by atoms with E-state index in [0.717, 1.165) is 19.3 Å². The Kier molecular flexibility index (Phi) is 14.2. The van der Waals surface area contributed by atoms with Crippen LogP contribution in [0, 0.1) is 5.39 Å². The number of unbranched alkanes of at least 4 members (excludes halogenated alkanes) is 13. The number of benzene rings is 1. The molecule has 1 aromatic rings. The normalized spacial score (nSPS) is 11.4. The Balaban J connectivity index is 2.07. The Morgan fingerprint density at radius 2 is 1.37 bits per heavy atom. The van der Waals surface area contributed by atoms with Crippen LogP contribution in [0.3, 0.4) is 0 Å². The Hall–Kier alpha value is -1.65. The summed E-state index contributed by atoms with van der Waals surface area (Å²) < 4.78 is 32.4. The van der Waals surface area contributed by atoms with E-state index in [-0.39, 0.29) is 10.6 Å². The van der Waals surface area contributed by atoms with Crippen LogP contribution in [0.5, 0.6) is 5.75 Å². The molecular formula is C23H40N3O3S+. The third-order valence-corrected chi connectivity index (χ3v) is 6.85. The standard InChI is InChI=1S/C23H40N3O3S/c1-3-4-5-6-7-8-9-10-11-12-13-14-15-16-19-25-30(27,28)21-17-18-23(29-2)22(20-21)26-24/h17-18,20,25H,3-16,19H2,1-2H3/q+1. The second-order valence-electron chi connectivity index (χ2n) is 7.93. The summed E-state index contributed by atoms with van der Waals surface area (Å²) in [6, 6.07) is 4.23. The first-order valence-electron chi connectivity index (χ1n) is 11.6. The summed E-state index contributed by atoms with van der Waals surface area (Å²) in [7, 11) is -2.18. The van der Waals surface area contributed by atoms with Gasteiger partial charge in [-0.1, -0.05) is 90.4 Å². The van der Waals surface area contributed by atoms with E-state index >= 15 is 0 Å². The quantitative estimate of drug-likeness (QED) is 0.199. The topological polar surface area (TPSA) is 83.6 Å². The van der Waals surface area contributed by atoms with Gasteiger partial charge in [0.1, 0.15) is 0 Å². The summed E-state index contributed by atoms with van der Waals surface area (Å²) in [4.78, 5) is 3.15. The minimum Gasteiger partial charge on any atom is -0.489 e. The highest BCUT2D eigenvalue weighted by Gasteiger charge is 2.21. The maximum atomic E-state index is 12.4. The van der Waals surface area contributed by atoms with Gasteiger partial charge in [-0.15, -0.1) is 0 Å². The van der Waals surface area contributed by atoms with Gasteiger partial charge in [0.05, 0.1) is 18.1 Å². The van der Waals surface area contributed by atoms with E-state index in [2.05, 4.69) is 16.6 Å². The van der Waals surface area contributed by atoms with Gasteiger partial charge < -0.3 is 4.74 Å². The fourth-order valence-corrected chi connectivity index (χ4v) is 4.62. The van der Waals surface area contributed by atoms with Crippen LogP contribution < -0.4 is 9.46 Å². The van der Waals surface area contributed by atoms with Gasteiger partial charge in [-0.05, 0) is 18.6 Å². The number of nitrogens with zero attached hydrogens (tertiary/aromatic N) is 2. The minimum atomic E-state index is -3.61. The van der Waals surface area contributed by atoms with Gasteiger partial charge in [0.25, 0.3) is 0 Å². The van der Waals surface area contributed by atoms with E-state index in [1.807, 2.05) is 0 Å². The van der Waals surface area contributed by atoms with Crippen LogP contribution >= 0.6 is 0 Å². The maximum absolute atomic E-state index is 12.4. The minimum absolute atomic E-state index is 0.0708. The fraction of sp³-hybridized carbons (Fsp3) is 0.739. The van der Waals surface area contributed by atoms with E-state index in [1.165, 1.54) is 95.9 Å². The van der Waals surface area contributed by atoms with Crippen molar-refractivity contribution >= 4 is 15.7 Å². The molecular weight excluding hydrogens is 398 g/mol. The highest BCUT2D eigenvalue weighted by molar-refractivity contribution is 7.89. The largest absolute Gasteiger partial charge is 0.489 e. The molecule has 0 radical (unpaired) electrons. The third kappa shape index (κ3) is 10.9. The van der Waals surface area contributed by atoms with Crippen molar-refractivity contribution < 1.29 is 13.2 Å². The first-order chi connectivity index (χ1) is 14.5. The van der Waals surface area contributed by atoms with Crippen molar-refractivity contribution in [3.05, 3.63) is 23.2 Å². The molecule has 0 aromatic heterocycles. The van der Waals surface area contributed by atoms with Crippen LogP contribution in [0.1, 0.15) is 96.8 Å². The number of hydrogen-bond donors (Lipinski definition) is 1. The SMILES string of the molecule is CCCCCCCCCCCCCCCCNS(=O)(=O)c1ccc(OC)c([N+]#N)c1. The first-order valence-corrected chi connectivity index (χ1v) is 13.1. The third-order valence-electron chi connectivity index (χ3n) is 5.39. The van der Waals surface area contributed by atoms with Gasteiger partial charge >= 0.3 is 5.69 Å². The summed E-state index contributed by atoms with van der Waals surface area (Å²) in [6.45, 7) is 2.67. The molecule has 1 aromatic carbocycles. The smallest absolute Gasteiger partial charge is 0.427 e. The molecule has 0 spiro atoms. The summed E-state index contributed by atoms with van der Waals surface area (Å²) in [5.74, 6) is 0.323. The maximum Gasteiger partial charge on any atom is 0.427 e. The van der Waals surface area contributed by atoms with Gasteiger partial charge in [-0.3, -0.25) is 0 Å². The number of ether oxygens (including phenoxy) is 1. The molecule has 0 amide bonds. The Morgan fingerprint density at radius 1 is 0.867 bits per heavy atom. The van der Waals surface area contributed by atoms with Crippen LogP contribution in [0.15, 0.2) is 23.1 Å². The Bertz CT molecular complexity index is 730. The molecule has 0 fully saturated rings. The van der Waals surface area contributed by atoms with Crippen LogP contribution in [-0.2, 0) is 10.0 Å². The molecule has 0 atom stereocenters. The van der Waals surface area contributed by atoms with Crippen molar-refractivity contribution in [2.24, 2.45) is 0 Å². The molecule has 0 saturated heterocycles. The zero-order valence-corrected chi connectivity index (χ0v) is 19.7. The van der Waals surface area contributed by atoms with Crippen molar-refractivity contribution in [2.75, 3.05) is 13.7 Å². The number of hydrogen-bond acceptors (Lipinski definition) is 4. The number of rotatable bonds is 18. The average Bonchev–Trinajstić information content (AvgIpc) is 2.75. The zero-order valence-electron chi connectivity index (χ0n) is 18.9. The molecule has 0 unspecified atom stereocenters. The second-order valence-corrected chi connectivity index (χ2v) is 9.69. The van der Waals surface area contributed by atoms with Crippen molar-refractivity contribution in [2.45, 2.75) is 102 Å². The first kappa shape index (κ1) is 26.4. The van der Waals surface area contributed by atoms with Gasteiger partial charge in [-0.25, -0.2) is 13.1 Å². The second kappa shape index (κ2) is 16.1. The van der Waals surface area contributed by atoms with E-state index in [9.17, 15) is 8.42 Å². The number of nitrogens with one attached hydrogen (secondary N) is 1. The number of methoxy groups -OCH3 is 1. The molecule has 0 bridgehead atoms. The predicted octanol–water partition coefficient (Wildman–Crippen LogP) is 6.94. The Morgan fingerprint density at radius 3 is 1.83 bits per heavy atom.